The van der Waals surface area contributed by atoms with Crippen molar-refractivity contribution in [1.82, 2.24) is 0 Å². The molecule has 0 aromatic heterocycles. The van der Waals surface area contributed by atoms with Crippen molar-refractivity contribution in [1.29, 1.82) is 0 Å². The second-order valence-electron chi connectivity index (χ2n) is 0.447. The fraction of sp³-hybridized carbons (Fsp3) is 0. The van der Waals surface area contributed by atoms with Crippen LogP contribution >= 0.6 is 7.82 Å². The Morgan fingerprint density at radius 1 is 1.12 bits per heavy atom. The molecule has 0 aliphatic rings. The van der Waals surface area contributed by atoms with Crippen LogP contribution in [0.1, 0.15) is 0 Å². The van der Waals surface area contributed by atoms with Crippen LogP contribution in [0.25, 0.3) is 0 Å². The van der Waals surface area contributed by atoms with Gasteiger partial charge in [0, 0.05) is 46.6 Å². The molecular formula is Fe2NaO4P. The molecule has 0 bridgehead atoms. The molecule has 8 heteroatoms. The van der Waals surface area contributed by atoms with Gasteiger partial charge in [-0.05, 0) is 0 Å². The van der Waals surface area contributed by atoms with Gasteiger partial charge in [-0.2, -0.15) is 7.82 Å². The Bertz CT molecular complexity index is 60.2. The molecule has 0 N–H and O–H groups in total. The van der Waals surface area contributed by atoms with Crippen LogP contribution < -0.4 is 14.7 Å². The molecule has 0 aliphatic carbocycles. The summed E-state index contributed by atoms with van der Waals surface area (Å²) in [6.07, 6.45) is 0. The van der Waals surface area contributed by atoms with Crippen molar-refractivity contribution in [2.75, 3.05) is 0 Å². The normalized spacial score (nSPS) is 7.38. The average molecular weight is 230 g/mol. The topological polar surface area (TPSA) is 86.2 Å². The van der Waals surface area contributed by atoms with Gasteiger partial charge in [-0.1, -0.05) is 0 Å². The Morgan fingerprint density at radius 2 is 1.12 bits per heavy atom. The van der Waals surface area contributed by atoms with Crippen molar-refractivity contribution in [3.8, 4) is 0 Å². The summed E-state index contributed by atoms with van der Waals surface area (Å²) in [4.78, 5) is 25.6. The van der Waals surface area contributed by atoms with E-state index in [-0.39, 0.29) is 63.7 Å². The second-order valence-corrected chi connectivity index (χ2v) is 1.34. The third-order valence-corrected chi connectivity index (χ3v) is 0. The van der Waals surface area contributed by atoms with E-state index in [0.717, 1.165) is 0 Å². The molecule has 0 aromatic rings. The van der Waals surface area contributed by atoms with Crippen molar-refractivity contribution >= 4 is 37.4 Å². The van der Waals surface area contributed by atoms with E-state index in [4.69, 9.17) is 19.2 Å². The van der Waals surface area contributed by atoms with Crippen molar-refractivity contribution in [2.45, 2.75) is 0 Å². The molecule has 0 saturated heterocycles. The number of rotatable bonds is 0. The van der Waals surface area contributed by atoms with Gasteiger partial charge in [0.1, 0.15) is 0 Å². The summed E-state index contributed by atoms with van der Waals surface area (Å²) in [6.45, 7) is 0. The number of hydrogen-bond acceptors (Lipinski definition) is 4. The van der Waals surface area contributed by atoms with E-state index in [1.807, 2.05) is 0 Å². The van der Waals surface area contributed by atoms with Gasteiger partial charge >= 0.3 is 17.1 Å². The Hall–Kier alpha value is 2.15. The van der Waals surface area contributed by atoms with E-state index in [9.17, 15) is 0 Å². The Kier molecular flexibility index (Phi) is 25.7. The number of hydrogen-bond donors (Lipinski definition) is 0. The van der Waals surface area contributed by atoms with Crippen LogP contribution in [-0.4, -0.2) is 29.6 Å². The monoisotopic (exact) mass is 230 g/mol. The summed E-state index contributed by atoms with van der Waals surface area (Å²) < 4.78 is 8.55. The first kappa shape index (κ1) is 22.5. The van der Waals surface area contributed by atoms with Crippen LogP contribution in [0.3, 0.4) is 0 Å². The zero-order valence-electron chi connectivity index (χ0n) is 3.79. The zero-order chi connectivity index (χ0) is 4.50. The molecular weight excluding hydrogens is 230 g/mol. The van der Waals surface area contributed by atoms with Crippen LogP contribution in [0.2, 0.25) is 0 Å². The van der Waals surface area contributed by atoms with Crippen LogP contribution in [0.5, 0.6) is 0 Å². The van der Waals surface area contributed by atoms with E-state index in [1.54, 1.807) is 0 Å². The molecule has 0 saturated carbocycles. The van der Waals surface area contributed by atoms with Gasteiger partial charge in [0.25, 0.3) is 0 Å². The predicted molar refractivity (Wildman–Crippen MR) is 13.4 cm³/mol. The first-order chi connectivity index (χ1) is 2.00. The average Bonchev–Trinajstić information content (AvgIpc) is 0.722. The van der Waals surface area contributed by atoms with Crippen molar-refractivity contribution in [3.63, 3.8) is 0 Å². The van der Waals surface area contributed by atoms with Crippen molar-refractivity contribution in [2.24, 2.45) is 0 Å². The molecule has 0 rings (SSSR count). The minimum absolute atomic E-state index is 0. The van der Waals surface area contributed by atoms with E-state index in [1.165, 1.54) is 0 Å². The Balaban J connectivity index is -0.0000000267. The standard InChI is InChI=1S/2Fe.Na.H3O4P/c;;;1-5(2,3)4/h;;;(H3,1,2,3,4)/q;+3;;/p-3. The minimum atomic E-state index is -5.39. The quantitative estimate of drug-likeness (QED) is 0.323. The Morgan fingerprint density at radius 3 is 1.12 bits per heavy atom. The van der Waals surface area contributed by atoms with E-state index >= 15 is 0 Å². The van der Waals surface area contributed by atoms with Crippen molar-refractivity contribution in [3.05, 3.63) is 0 Å². The largest absolute Gasteiger partial charge is 3.00 e. The summed E-state index contributed by atoms with van der Waals surface area (Å²) in [7, 11) is -5.39. The molecule has 0 heterocycles. The summed E-state index contributed by atoms with van der Waals surface area (Å²) in [5, 5.41) is 0. The first-order valence-corrected chi connectivity index (χ1v) is 2.19. The molecule has 8 heavy (non-hydrogen) atoms. The molecule has 0 fully saturated rings. The molecule has 0 aromatic carbocycles. The van der Waals surface area contributed by atoms with Crippen LogP contribution in [-0.2, 0) is 38.7 Å². The van der Waals surface area contributed by atoms with Crippen LogP contribution in [0.4, 0.5) is 0 Å². The van der Waals surface area contributed by atoms with Gasteiger partial charge in [-0.15, -0.1) is 0 Å². The summed E-state index contributed by atoms with van der Waals surface area (Å²) in [5.41, 5.74) is 0. The fourth-order valence-corrected chi connectivity index (χ4v) is 0. The third-order valence-electron chi connectivity index (χ3n) is 0. The number of phosphoric acid groups is 1. The summed E-state index contributed by atoms with van der Waals surface area (Å²) >= 11 is 0. The maximum Gasteiger partial charge on any atom is 3.00 e. The van der Waals surface area contributed by atoms with Gasteiger partial charge in [-0.25, -0.2) is 0 Å². The van der Waals surface area contributed by atoms with Gasteiger partial charge in [-0.3, -0.25) is 0 Å². The summed E-state index contributed by atoms with van der Waals surface area (Å²) in [6, 6.07) is 0. The molecule has 0 spiro atoms. The van der Waals surface area contributed by atoms with Crippen LogP contribution in [0, 0.1) is 0 Å². The Labute approximate surface area is 89.9 Å². The smallest absolute Gasteiger partial charge is 0.822 e. The van der Waals surface area contributed by atoms with E-state index in [0.29, 0.717) is 0 Å². The molecule has 0 atom stereocenters. The zero-order valence-corrected chi connectivity index (χ0v) is 8.89. The fourth-order valence-electron chi connectivity index (χ4n) is 0. The molecule has 0 unspecified atom stereocenters. The molecule has 2 radical (unpaired) electrons. The predicted octanol–water partition coefficient (Wildman–Crippen LogP) is -3.21. The van der Waals surface area contributed by atoms with Gasteiger partial charge in [0.15, 0.2) is 0 Å². The minimum Gasteiger partial charge on any atom is -0.822 e. The van der Waals surface area contributed by atoms with E-state index < -0.39 is 7.82 Å². The third kappa shape index (κ3) is 90.2. The SMILES string of the molecule is O=P([O-])([O-])[O-].[Fe+3].[Fe].[Na]. The molecule has 4 nitrogen and oxygen atoms in total. The maximum atomic E-state index is 8.55. The van der Waals surface area contributed by atoms with Crippen LogP contribution in [0.15, 0.2) is 0 Å². The molecule has 46 valence electrons. The van der Waals surface area contributed by atoms with Gasteiger partial charge in [0.05, 0.1) is 0 Å². The second kappa shape index (κ2) is 9.15. The van der Waals surface area contributed by atoms with Crippen molar-refractivity contribution < 1.29 is 53.4 Å². The molecule has 0 amide bonds. The van der Waals surface area contributed by atoms with E-state index in [2.05, 4.69) is 0 Å². The molecule has 0 aliphatic heterocycles. The summed E-state index contributed by atoms with van der Waals surface area (Å²) in [5.74, 6) is 0. The first-order valence-electron chi connectivity index (χ1n) is 0.730. The maximum absolute atomic E-state index is 8.55. The van der Waals surface area contributed by atoms with Gasteiger partial charge < -0.3 is 19.2 Å². The van der Waals surface area contributed by atoms with Gasteiger partial charge in [0.2, 0.25) is 0 Å².